The van der Waals surface area contributed by atoms with Gasteiger partial charge in [0.25, 0.3) is 5.91 Å². The molecular weight excluding hydrogens is 388 g/mol. The zero-order valence-corrected chi connectivity index (χ0v) is 16.3. The third-order valence-electron chi connectivity index (χ3n) is 4.45. The van der Waals surface area contributed by atoms with Crippen molar-refractivity contribution >= 4 is 46.4 Å². The molecule has 1 saturated heterocycles. The van der Waals surface area contributed by atoms with E-state index in [1.54, 1.807) is 17.0 Å². The van der Waals surface area contributed by atoms with Crippen molar-refractivity contribution < 1.29 is 19.1 Å². The third kappa shape index (κ3) is 4.48. The number of nitrogens with one attached hydrogen (secondary N) is 1. The molecule has 2 heterocycles. The minimum absolute atomic E-state index is 0.0398. The van der Waals surface area contributed by atoms with Crippen molar-refractivity contribution in [1.82, 2.24) is 4.90 Å². The summed E-state index contributed by atoms with van der Waals surface area (Å²) < 4.78 is 4.69. The number of hydrogen-bond donors (Lipinski definition) is 1. The minimum Gasteiger partial charge on any atom is -0.465 e. The largest absolute Gasteiger partial charge is 0.465 e. The molecule has 1 aliphatic heterocycles. The summed E-state index contributed by atoms with van der Waals surface area (Å²) >= 11 is 7.40. The fraction of sp³-hybridized carbons (Fsp3) is 0.316. The fourth-order valence-electron chi connectivity index (χ4n) is 3.05. The second-order valence-electron chi connectivity index (χ2n) is 6.24. The smallest absolute Gasteiger partial charge is 0.339 e. The Morgan fingerprint density at radius 3 is 2.81 bits per heavy atom. The predicted octanol–water partition coefficient (Wildman–Crippen LogP) is 3.68. The van der Waals surface area contributed by atoms with E-state index < -0.39 is 5.97 Å². The Bertz CT molecular complexity index is 853. The van der Waals surface area contributed by atoms with Crippen molar-refractivity contribution in [2.45, 2.75) is 12.8 Å². The first-order valence-corrected chi connectivity index (χ1v) is 9.77. The Balaban J connectivity index is 1.67. The molecule has 3 rings (SSSR count). The van der Waals surface area contributed by atoms with E-state index in [-0.39, 0.29) is 28.3 Å². The SMILES string of the molecule is COC(=O)c1cc(NC(=O)[C@@H]2CCCN(C(=O)c3cccs3)C2)ccc1Cl. The van der Waals surface area contributed by atoms with Crippen LogP contribution in [0.4, 0.5) is 5.69 Å². The first-order valence-electron chi connectivity index (χ1n) is 8.51. The van der Waals surface area contributed by atoms with Gasteiger partial charge in [-0.3, -0.25) is 9.59 Å². The molecule has 1 aliphatic rings. The van der Waals surface area contributed by atoms with Crippen LogP contribution in [0.5, 0.6) is 0 Å². The highest BCUT2D eigenvalue weighted by Gasteiger charge is 2.29. The number of rotatable bonds is 4. The summed E-state index contributed by atoms with van der Waals surface area (Å²) in [7, 11) is 1.27. The number of halogens is 1. The number of likely N-dealkylation sites (tertiary alicyclic amines) is 1. The number of carbonyl (C=O) groups excluding carboxylic acids is 3. The topological polar surface area (TPSA) is 75.7 Å². The third-order valence-corrected chi connectivity index (χ3v) is 5.64. The van der Waals surface area contributed by atoms with Gasteiger partial charge < -0.3 is 15.0 Å². The molecule has 27 heavy (non-hydrogen) atoms. The maximum atomic E-state index is 12.7. The molecule has 0 radical (unpaired) electrons. The summed E-state index contributed by atoms with van der Waals surface area (Å²) in [6.07, 6.45) is 1.47. The van der Waals surface area contributed by atoms with Crippen LogP contribution in [-0.2, 0) is 9.53 Å². The Kier molecular flexibility index (Phi) is 6.13. The average molecular weight is 407 g/mol. The number of piperidine rings is 1. The highest BCUT2D eigenvalue weighted by atomic mass is 35.5. The van der Waals surface area contributed by atoms with E-state index in [9.17, 15) is 14.4 Å². The Labute approximate surface area is 166 Å². The number of anilines is 1. The summed E-state index contributed by atoms with van der Waals surface area (Å²) in [5, 5.41) is 4.93. The molecule has 1 aromatic carbocycles. The number of carbonyl (C=O) groups is 3. The lowest BCUT2D eigenvalue weighted by Crippen LogP contribution is -2.43. The molecule has 1 N–H and O–H groups in total. The van der Waals surface area contributed by atoms with E-state index >= 15 is 0 Å². The van der Waals surface area contributed by atoms with Gasteiger partial charge in [0, 0.05) is 18.8 Å². The maximum absolute atomic E-state index is 12.7. The van der Waals surface area contributed by atoms with Crippen LogP contribution in [0.25, 0.3) is 0 Å². The van der Waals surface area contributed by atoms with Gasteiger partial charge in [0.15, 0.2) is 0 Å². The maximum Gasteiger partial charge on any atom is 0.339 e. The number of hydrogen-bond acceptors (Lipinski definition) is 5. The van der Waals surface area contributed by atoms with Gasteiger partial charge in [-0.1, -0.05) is 17.7 Å². The molecule has 0 aliphatic carbocycles. The lowest BCUT2D eigenvalue weighted by atomic mass is 9.96. The second kappa shape index (κ2) is 8.54. The van der Waals surface area contributed by atoms with E-state index in [1.165, 1.54) is 30.6 Å². The number of thiophene rings is 1. The number of amides is 2. The van der Waals surface area contributed by atoms with Crippen LogP contribution >= 0.6 is 22.9 Å². The van der Waals surface area contributed by atoms with Crippen molar-refractivity contribution in [3.05, 3.63) is 51.2 Å². The van der Waals surface area contributed by atoms with E-state index in [1.807, 2.05) is 11.4 Å². The van der Waals surface area contributed by atoms with Crippen molar-refractivity contribution in [2.75, 3.05) is 25.5 Å². The molecule has 142 valence electrons. The first kappa shape index (κ1) is 19.4. The van der Waals surface area contributed by atoms with Crippen LogP contribution in [-0.4, -0.2) is 42.9 Å². The first-order chi connectivity index (χ1) is 13.0. The molecule has 0 saturated carbocycles. The van der Waals surface area contributed by atoms with Crippen LogP contribution in [0, 0.1) is 5.92 Å². The molecular formula is C19H19ClN2O4S. The number of methoxy groups -OCH3 is 1. The Morgan fingerprint density at radius 2 is 2.11 bits per heavy atom. The quantitative estimate of drug-likeness (QED) is 0.786. The molecule has 0 bridgehead atoms. The number of benzene rings is 1. The number of ether oxygens (including phenoxy) is 1. The minimum atomic E-state index is -0.568. The van der Waals surface area contributed by atoms with Gasteiger partial charge in [-0.05, 0) is 42.5 Å². The highest BCUT2D eigenvalue weighted by molar-refractivity contribution is 7.12. The Morgan fingerprint density at radius 1 is 1.30 bits per heavy atom. The highest BCUT2D eigenvalue weighted by Crippen LogP contribution is 2.24. The van der Waals surface area contributed by atoms with Crippen molar-refractivity contribution in [1.29, 1.82) is 0 Å². The van der Waals surface area contributed by atoms with Crippen molar-refractivity contribution in [3.8, 4) is 0 Å². The molecule has 0 spiro atoms. The van der Waals surface area contributed by atoms with E-state index in [0.29, 0.717) is 30.1 Å². The molecule has 8 heteroatoms. The molecule has 2 aromatic rings. The van der Waals surface area contributed by atoms with Gasteiger partial charge in [0.2, 0.25) is 5.91 Å². The van der Waals surface area contributed by atoms with Crippen molar-refractivity contribution in [3.63, 3.8) is 0 Å². The predicted molar refractivity (Wildman–Crippen MR) is 104 cm³/mol. The molecule has 0 unspecified atom stereocenters. The Hall–Kier alpha value is -2.38. The van der Waals surface area contributed by atoms with E-state index in [4.69, 9.17) is 11.6 Å². The van der Waals surface area contributed by atoms with Crippen LogP contribution in [0.2, 0.25) is 5.02 Å². The lowest BCUT2D eigenvalue weighted by molar-refractivity contribution is -0.121. The molecule has 1 fully saturated rings. The summed E-state index contributed by atoms with van der Waals surface area (Å²) in [6, 6.07) is 8.29. The van der Waals surface area contributed by atoms with E-state index in [2.05, 4.69) is 10.1 Å². The number of esters is 1. The molecule has 6 nitrogen and oxygen atoms in total. The van der Waals surface area contributed by atoms with Crippen LogP contribution < -0.4 is 5.32 Å². The summed E-state index contributed by atoms with van der Waals surface area (Å²) in [4.78, 5) is 39.3. The summed E-state index contributed by atoms with van der Waals surface area (Å²) in [6.45, 7) is 1.02. The van der Waals surface area contributed by atoms with Crippen LogP contribution in [0.15, 0.2) is 35.7 Å². The molecule has 2 amide bonds. The fourth-order valence-corrected chi connectivity index (χ4v) is 3.93. The van der Waals surface area contributed by atoms with Gasteiger partial charge in [0.05, 0.1) is 28.5 Å². The van der Waals surface area contributed by atoms with Crippen LogP contribution in [0.3, 0.4) is 0 Å². The van der Waals surface area contributed by atoms with Gasteiger partial charge in [0.1, 0.15) is 0 Å². The van der Waals surface area contributed by atoms with Gasteiger partial charge in [-0.15, -0.1) is 11.3 Å². The normalized spacial score (nSPS) is 16.7. The zero-order valence-electron chi connectivity index (χ0n) is 14.7. The zero-order chi connectivity index (χ0) is 19.4. The molecule has 1 atom stereocenters. The number of nitrogens with zero attached hydrogens (tertiary/aromatic N) is 1. The van der Waals surface area contributed by atoms with Gasteiger partial charge >= 0.3 is 5.97 Å². The average Bonchev–Trinajstić information content (AvgIpc) is 3.23. The molecule has 1 aromatic heterocycles. The van der Waals surface area contributed by atoms with Gasteiger partial charge in [-0.2, -0.15) is 0 Å². The second-order valence-corrected chi connectivity index (χ2v) is 7.60. The summed E-state index contributed by atoms with van der Waals surface area (Å²) in [5.41, 5.74) is 0.654. The van der Waals surface area contributed by atoms with Crippen molar-refractivity contribution in [2.24, 2.45) is 5.92 Å². The van der Waals surface area contributed by atoms with Gasteiger partial charge in [-0.25, -0.2) is 4.79 Å². The van der Waals surface area contributed by atoms with Crippen LogP contribution in [0.1, 0.15) is 32.9 Å². The summed E-state index contributed by atoms with van der Waals surface area (Å²) in [5.74, 6) is -1.10. The van der Waals surface area contributed by atoms with E-state index in [0.717, 1.165) is 6.42 Å². The standard InChI is InChI=1S/C19H19ClN2O4S/c1-26-19(25)14-10-13(6-7-15(14)20)21-17(23)12-4-2-8-22(11-12)18(24)16-5-3-9-27-16/h3,5-7,9-10,12H,2,4,8,11H2,1H3,(H,21,23)/t12-/m1/s1. The monoisotopic (exact) mass is 406 g/mol. The lowest BCUT2D eigenvalue weighted by Gasteiger charge is -2.31.